The van der Waals surface area contributed by atoms with Crippen LogP contribution in [0.3, 0.4) is 0 Å². The van der Waals surface area contributed by atoms with Crippen LogP contribution in [0.4, 0.5) is 0 Å². The van der Waals surface area contributed by atoms with Gasteiger partial charge in [-0.3, -0.25) is 9.59 Å². The second kappa shape index (κ2) is 14.3. The van der Waals surface area contributed by atoms with E-state index in [-0.39, 0.29) is 17.9 Å². The summed E-state index contributed by atoms with van der Waals surface area (Å²) >= 11 is 1.65. The third-order valence-electron chi connectivity index (χ3n) is 6.09. The van der Waals surface area contributed by atoms with Gasteiger partial charge in [-0.05, 0) is 48.7 Å². The molecule has 190 valence electrons. The van der Waals surface area contributed by atoms with E-state index in [2.05, 4.69) is 5.32 Å². The summed E-state index contributed by atoms with van der Waals surface area (Å²) in [6.45, 7) is 4.36. The van der Waals surface area contributed by atoms with E-state index in [0.29, 0.717) is 25.1 Å². The van der Waals surface area contributed by atoms with Crippen molar-refractivity contribution in [2.45, 2.75) is 56.6 Å². The molecule has 0 unspecified atom stereocenters. The highest BCUT2D eigenvalue weighted by Crippen LogP contribution is 2.22. The summed E-state index contributed by atoms with van der Waals surface area (Å²) in [5.41, 5.74) is 1.94. The normalized spacial score (nSPS) is 12.4. The van der Waals surface area contributed by atoms with E-state index >= 15 is 0 Å². The molecule has 0 radical (unpaired) electrons. The summed E-state index contributed by atoms with van der Waals surface area (Å²) < 4.78 is 5.40. The quantitative estimate of drug-likeness (QED) is 0.302. The van der Waals surface area contributed by atoms with Gasteiger partial charge in [0.2, 0.25) is 11.8 Å². The Labute approximate surface area is 219 Å². The maximum atomic E-state index is 13.7. The molecule has 3 rings (SSSR count). The summed E-state index contributed by atoms with van der Waals surface area (Å²) in [6, 6.07) is 27.0. The fraction of sp³-hybridized carbons (Fsp3) is 0.333. The summed E-state index contributed by atoms with van der Waals surface area (Å²) in [4.78, 5) is 30.1. The fourth-order valence-electron chi connectivity index (χ4n) is 3.88. The van der Waals surface area contributed by atoms with Crippen molar-refractivity contribution >= 4 is 23.6 Å². The molecule has 6 heteroatoms. The van der Waals surface area contributed by atoms with Gasteiger partial charge in [0.05, 0.1) is 7.11 Å². The smallest absolute Gasteiger partial charge is 0.243 e. The second-order valence-corrected chi connectivity index (χ2v) is 9.98. The van der Waals surface area contributed by atoms with Crippen molar-refractivity contribution in [2.24, 2.45) is 0 Å². The van der Waals surface area contributed by atoms with Crippen LogP contribution in [-0.4, -0.2) is 41.7 Å². The molecule has 0 aliphatic rings. The number of carbonyl (C=O) groups excluding carboxylic acids is 2. The number of benzene rings is 3. The van der Waals surface area contributed by atoms with Gasteiger partial charge in [0.25, 0.3) is 0 Å². The van der Waals surface area contributed by atoms with Gasteiger partial charge in [-0.2, -0.15) is 0 Å². The Hall–Kier alpha value is -3.25. The molecule has 0 saturated carbocycles. The highest BCUT2D eigenvalue weighted by molar-refractivity contribution is 7.99. The molecule has 36 heavy (non-hydrogen) atoms. The van der Waals surface area contributed by atoms with Crippen LogP contribution in [-0.2, 0) is 22.6 Å². The molecule has 3 aromatic carbocycles. The van der Waals surface area contributed by atoms with Crippen LogP contribution in [0.1, 0.15) is 37.8 Å². The molecule has 5 nitrogen and oxygen atoms in total. The molecular weight excluding hydrogens is 468 g/mol. The third kappa shape index (κ3) is 8.45. The first-order valence-corrected chi connectivity index (χ1v) is 13.4. The lowest BCUT2D eigenvalue weighted by atomic mass is 10.0. The molecule has 2 atom stereocenters. The lowest BCUT2D eigenvalue weighted by molar-refractivity contribution is -0.141. The molecule has 0 heterocycles. The van der Waals surface area contributed by atoms with Crippen LogP contribution in [0.25, 0.3) is 0 Å². The highest BCUT2D eigenvalue weighted by Gasteiger charge is 2.30. The maximum absolute atomic E-state index is 13.7. The molecule has 0 bridgehead atoms. The van der Waals surface area contributed by atoms with Gasteiger partial charge in [0.1, 0.15) is 11.8 Å². The van der Waals surface area contributed by atoms with E-state index in [9.17, 15) is 9.59 Å². The molecule has 2 amide bonds. The second-order valence-electron chi connectivity index (χ2n) is 8.81. The minimum atomic E-state index is -0.623. The van der Waals surface area contributed by atoms with Gasteiger partial charge in [-0.15, -0.1) is 11.8 Å². The van der Waals surface area contributed by atoms with Gasteiger partial charge in [0.15, 0.2) is 0 Å². The number of nitrogens with one attached hydrogen (secondary N) is 1. The van der Waals surface area contributed by atoms with Crippen LogP contribution in [0, 0.1) is 0 Å². The van der Waals surface area contributed by atoms with Gasteiger partial charge in [-0.1, -0.05) is 67.6 Å². The standard InChI is InChI=1S/C30H36N2O3S/c1-4-23(2)31-30(34)28(21-24-12-7-5-8-13-24)32(22-25-14-11-15-26(20-25)35-3)29(33)18-19-36-27-16-9-6-10-17-27/h5-17,20,23,28H,4,18-19,21-22H2,1-3H3,(H,31,34)/t23-,28-/m0/s1. The van der Waals surface area contributed by atoms with Gasteiger partial charge in [-0.25, -0.2) is 0 Å². The fourth-order valence-corrected chi connectivity index (χ4v) is 4.74. The van der Waals surface area contributed by atoms with E-state index in [4.69, 9.17) is 4.74 Å². The summed E-state index contributed by atoms with van der Waals surface area (Å²) in [6.07, 6.45) is 1.61. The molecule has 3 aromatic rings. The Balaban J connectivity index is 1.87. The first-order valence-electron chi connectivity index (χ1n) is 12.4. The number of methoxy groups -OCH3 is 1. The van der Waals surface area contributed by atoms with Crippen molar-refractivity contribution < 1.29 is 14.3 Å². The Morgan fingerprint density at radius 1 is 0.944 bits per heavy atom. The minimum absolute atomic E-state index is 0.0261. The van der Waals surface area contributed by atoms with Crippen molar-refractivity contribution in [2.75, 3.05) is 12.9 Å². The van der Waals surface area contributed by atoms with E-state index in [1.165, 1.54) is 0 Å². The molecule has 0 spiro atoms. The maximum Gasteiger partial charge on any atom is 0.243 e. The highest BCUT2D eigenvalue weighted by atomic mass is 32.2. The number of rotatable bonds is 13. The number of amides is 2. The van der Waals surface area contributed by atoms with Gasteiger partial charge < -0.3 is 15.0 Å². The Bertz CT molecular complexity index is 1090. The molecule has 0 aliphatic heterocycles. The summed E-state index contributed by atoms with van der Waals surface area (Å²) in [5, 5.41) is 3.11. The summed E-state index contributed by atoms with van der Waals surface area (Å²) in [7, 11) is 1.63. The number of nitrogens with zero attached hydrogens (tertiary/aromatic N) is 1. The van der Waals surface area contributed by atoms with Crippen molar-refractivity contribution in [3.05, 3.63) is 96.1 Å². The zero-order valence-corrected chi connectivity index (χ0v) is 22.2. The first-order chi connectivity index (χ1) is 17.5. The van der Waals surface area contributed by atoms with Crippen LogP contribution in [0.5, 0.6) is 5.75 Å². The van der Waals surface area contributed by atoms with Crippen LogP contribution in [0.2, 0.25) is 0 Å². The zero-order valence-electron chi connectivity index (χ0n) is 21.4. The van der Waals surface area contributed by atoms with E-state index in [1.807, 2.05) is 98.8 Å². The lowest BCUT2D eigenvalue weighted by Crippen LogP contribution is -2.52. The topological polar surface area (TPSA) is 58.6 Å². The van der Waals surface area contributed by atoms with Crippen LogP contribution in [0.15, 0.2) is 89.8 Å². The first kappa shape index (κ1) is 27.3. The third-order valence-corrected chi connectivity index (χ3v) is 7.10. The molecule has 0 fully saturated rings. The predicted octanol–water partition coefficient (Wildman–Crippen LogP) is 5.73. The molecule has 0 aromatic heterocycles. The van der Waals surface area contributed by atoms with Crippen molar-refractivity contribution in [1.82, 2.24) is 10.2 Å². The van der Waals surface area contributed by atoms with Gasteiger partial charge in [0, 0.05) is 36.1 Å². The van der Waals surface area contributed by atoms with Crippen LogP contribution >= 0.6 is 11.8 Å². The lowest BCUT2D eigenvalue weighted by Gasteiger charge is -2.32. The number of hydrogen-bond donors (Lipinski definition) is 1. The largest absolute Gasteiger partial charge is 0.497 e. The van der Waals surface area contributed by atoms with Crippen molar-refractivity contribution in [1.29, 1.82) is 0 Å². The monoisotopic (exact) mass is 504 g/mol. The average molecular weight is 505 g/mol. The van der Waals surface area contributed by atoms with E-state index in [1.54, 1.807) is 23.8 Å². The van der Waals surface area contributed by atoms with Crippen molar-refractivity contribution in [3.63, 3.8) is 0 Å². The Morgan fingerprint density at radius 3 is 2.28 bits per heavy atom. The van der Waals surface area contributed by atoms with Gasteiger partial charge >= 0.3 is 0 Å². The number of ether oxygens (including phenoxy) is 1. The summed E-state index contributed by atoms with van der Waals surface area (Å²) in [5.74, 6) is 1.20. The molecular formula is C30H36N2O3S. The molecule has 1 N–H and O–H groups in total. The minimum Gasteiger partial charge on any atom is -0.497 e. The van der Waals surface area contributed by atoms with E-state index < -0.39 is 6.04 Å². The Kier molecular flexibility index (Phi) is 10.9. The number of hydrogen-bond acceptors (Lipinski definition) is 4. The molecule has 0 aliphatic carbocycles. The molecule has 0 saturated heterocycles. The van der Waals surface area contributed by atoms with Crippen molar-refractivity contribution in [3.8, 4) is 5.75 Å². The number of thioether (sulfide) groups is 1. The SMILES string of the molecule is CC[C@H](C)NC(=O)[C@H](Cc1ccccc1)N(Cc1cccc(OC)c1)C(=O)CCSc1ccccc1. The average Bonchev–Trinajstić information content (AvgIpc) is 2.91. The Morgan fingerprint density at radius 2 is 1.61 bits per heavy atom. The van der Waals surface area contributed by atoms with Crippen LogP contribution < -0.4 is 10.1 Å². The predicted molar refractivity (Wildman–Crippen MR) is 147 cm³/mol. The number of carbonyl (C=O) groups is 2. The zero-order chi connectivity index (χ0) is 25.8. The van der Waals surface area contributed by atoms with E-state index in [0.717, 1.165) is 28.2 Å².